The Labute approximate surface area is 144 Å². The number of piperazine rings is 1. The average Bonchev–Trinajstić information content (AvgIpc) is 3.09. The maximum Gasteiger partial charge on any atom is 0.274 e. The molecule has 0 bridgehead atoms. The predicted molar refractivity (Wildman–Crippen MR) is 91.4 cm³/mol. The molecule has 0 aromatic carbocycles. The van der Waals surface area contributed by atoms with E-state index in [1.807, 2.05) is 19.2 Å². The topological polar surface area (TPSA) is 62.2 Å². The number of anilines is 1. The second-order valence-electron chi connectivity index (χ2n) is 5.67. The molecule has 0 aliphatic carbocycles. The van der Waals surface area contributed by atoms with Gasteiger partial charge in [-0.25, -0.2) is 15.0 Å². The molecule has 0 spiro atoms. The zero-order valence-electron chi connectivity index (χ0n) is 13.1. The smallest absolute Gasteiger partial charge is 0.274 e. The zero-order valence-corrected chi connectivity index (χ0v) is 14.6. The largest absolute Gasteiger partial charge is 0.345 e. The van der Waals surface area contributed by atoms with E-state index < -0.39 is 0 Å². The van der Waals surface area contributed by atoms with Crippen molar-refractivity contribution in [2.24, 2.45) is 0 Å². The maximum absolute atomic E-state index is 12.7. The van der Waals surface area contributed by atoms with Crippen molar-refractivity contribution in [3.05, 3.63) is 34.3 Å². The highest BCUT2D eigenvalue weighted by Crippen LogP contribution is 2.21. The summed E-state index contributed by atoms with van der Waals surface area (Å²) in [5.41, 5.74) is 0.299. The van der Waals surface area contributed by atoms with Crippen LogP contribution in [-0.2, 0) is 0 Å². The van der Waals surface area contributed by atoms with Gasteiger partial charge in [-0.2, -0.15) is 0 Å². The van der Waals surface area contributed by atoms with Gasteiger partial charge < -0.3 is 9.80 Å². The average molecular weight is 352 g/mol. The lowest BCUT2D eigenvalue weighted by Crippen LogP contribution is -2.49. The van der Waals surface area contributed by atoms with Crippen molar-refractivity contribution in [1.82, 2.24) is 19.9 Å². The van der Waals surface area contributed by atoms with E-state index >= 15 is 0 Å². The van der Waals surface area contributed by atoms with E-state index in [1.54, 1.807) is 22.4 Å². The normalized spacial score (nSPS) is 15.3. The SMILES string of the molecule is CC(C)c1ncc(Cl)c(C(=O)N2CCN(c3nccs3)CC2)n1. The minimum absolute atomic E-state index is 0.127. The fraction of sp³-hybridized carbons (Fsp3) is 0.467. The minimum atomic E-state index is -0.127. The fourth-order valence-corrected chi connectivity index (χ4v) is 3.30. The number of hydrogen-bond acceptors (Lipinski definition) is 6. The Morgan fingerprint density at radius 2 is 2.00 bits per heavy atom. The monoisotopic (exact) mass is 351 g/mol. The van der Waals surface area contributed by atoms with Crippen molar-refractivity contribution in [2.45, 2.75) is 19.8 Å². The first-order valence-electron chi connectivity index (χ1n) is 7.52. The molecule has 2 aromatic rings. The van der Waals surface area contributed by atoms with Crippen molar-refractivity contribution in [3.8, 4) is 0 Å². The summed E-state index contributed by atoms with van der Waals surface area (Å²) in [6.07, 6.45) is 3.31. The van der Waals surface area contributed by atoms with Crippen LogP contribution in [0.2, 0.25) is 5.02 Å². The third-order valence-corrected chi connectivity index (χ3v) is 4.85. The van der Waals surface area contributed by atoms with Gasteiger partial charge >= 0.3 is 0 Å². The molecule has 1 saturated heterocycles. The number of rotatable bonds is 3. The molecule has 3 heterocycles. The quantitative estimate of drug-likeness (QED) is 0.850. The number of halogens is 1. The third-order valence-electron chi connectivity index (χ3n) is 3.74. The molecule has 0 radical (unpaired) electrons. The molecule has 6 nitrogen and oxygen atoms in total. The molecule has 1 fully saturated rings. The van der Waals surface area contributed by atoms with Crippen LogP contribution in [0.4, 0.5) is 5.13 Å². The van der Waals surface area contributed by atoms with Crippen molar-refractivity contribution in [2.75, 3.05) is 31.1 Å². The Morgan fingerprint density at radius 1 is 1.26 bits per heavy atom. The third kappa shape index (κ3) is 3.45. The van der Waals surface area contributed by atoms with Crippen molar-refractivity contribution < 1.29 is 4.79 Å². The highest BCUT2D eigenvalue weighted by molar-refractivity contribution is 7.13. The summed E-state index contributed by atoms with van der Waals surface area (Å²) in [6, 6.07) is 0. The van der Waals surface area contributed by atoms with Gasteiger partial charge in [0.1, 0.15) is 5.82 Å². The van der Waals surface area contributed by atoms with E-state index in [-0.39, 0.29) is 11.8 Å². The summed E-state index contributed by atoms with van der Waals surface area (Å²) in [4.78, 5) is 29.5. The van der Waals surface area contributed by atoms with Crippen LogP contribution >= 0.6 is 22.9 Å². The van der Waals surface area contributed by atoms with Crippen LogP contribution in [0.15, 0.2) is 17.8 Å². The number of amides is 1. The summed E-state index contributed by atoms with van der Waals surface area (Å²) in [7, 11) is 0. The van der Waals surface area contributed by atoms with E-state index in [2.05, 4.69) is 19.9 Å². The first-order valence-corrected chi connectivity index (χ1v) is 8.78. The van der Waals surface area contributed by atoms with Crippen LogP contribution < -0.4 is 4.90 Å². The summed E-state index contributed by atoms with van der Waals surface area (Å²) < 4.78 is 0. The van der Waals surface area contributed by atoms with Gasteiger partial charge in [0.2, 0.25) is 0 Å². The second-order valence-corrected chi connectivity index (χ2v) is 6.95. The number of carbonyl (C=O) groups excluding carboxylic acids is 1. The molecule has 1 aliphatic rings. The highest BCUT2D eigenvalue weighted by atomic mass is 35.5. The van der Waals surface area contributed by atoms with E-state index in [9.17, 15) is 4.79 Å². The molecular weight excluding hydrogens is 334 g/mol. The van der Waals surface area contributed by atoms with E-state index in [4.69, 9.17) is 11.6 Å². The number of nitrogens with zero attached hydrogens (tertiary/aromatic N) is 5. The molecule has 1 amide bonds. The zero-order chi connectivity index (χ0) is 16.4. The van der Waals surface area contributed by atoms with Crippen molar-refractivity contribution >= 4 is 34.0 Å². The van der Waals surface area contributed by atoms with Gasteiger partial charge in [-0.1, -0.05) is 25.4 Å². The summed E-state index contributed by atoms with van der Waals surface area (Å²) in [5.74, 6) is 0.665. The molecule has 3 rings (SSSR count). The summed E-state index contributed by atoms with van der Waals surface area (Å²) in [6.45, 7) is 6.78. The predicted octanol–water partition coefficient (Wildman–Crippen LogP) is 2.67. The molecule has 2 aromatic heterocycles. The van der Waals surface area contributed by atoms with Gasteiger partial charge in [-0.3, -0.25) is 4.79 Å². The highest BCUT2D eigenvalue weighted by Gasteiger charge is 2.26. The van der Waals surface area contributed by atoms with E-state index in [1.165, 1.54) is 6.20 Å². The van der Waals surface area contributed by atoms with Crippen molar-refractivity contribution in [3.63, 3.8) is 0 Å². The van der Waals surface area contributed by atoms with Crippen LogP contribution in [-0.4, -0.2) is 51.9 Å². The molecule has 23 heavy (non-hydrogen) atoms. The Hall–Kier alpha value is -1.73. The van der Waals surface area contributed by atoms with Gasteiger partial charge in [0, 0.05) is 43.7 Å². The Kier molecular flexibility index (Phi) is 4.77. The second kappa shape index (κ2) is 6.80. The van der Waals surface area contributed by atoms with Crippen LogP contribution in [0.3, 0.4) is 0 Å². The standard InChI is InChI=1S/C15H18ClN5OS/c1-10(2)13-18-9-11(16)12(19-13)14(22)20-4-6-21(7-5-20)15-17-3-8-23-15/h3,8-10H,4-7H2,1-2H3. The Balaban J connectivity index is 1.71. The van der Waals surface area contributed by atoms with Gasteiger partial charge in [0.25, 0.3) is 5.91 Å². The maximum atomic E-state index is 12.7. The number of carbonyl (C=O) groups is 1. The van der Waals surface area contributed by atoms with Gasteiger partial charge in [-0.05, 0) is 0 Å². The fourth-order valence-electron chi connectivity index (χ4n) is 2.43. The van der Waals surface area contributed by atoms with E-state index in [0.29, 0.717) is 29.6 Å². The minimum Gasteiger partial charge on any atom is -0.345 e. The molecule has 8 heteroatoms. The van der Waals surface area contributed by atoms with Crippen LogP contribution in [0.5, 0.6) is 0 Å². The molecule has 0 saturated carbocycles. The first kappa shape index (κ1) is 16.1. The van der Waals surface area contributed by atoms with Crippen molar-refractivity contribution in [1.29, 1.82) is 0 Å². The molecule has 1 aliphatic heterocycles. The van der Waals surface area contributed by atoms with Gasteiger partial charge in [0.15, 0.2) is 10.8 Å². The molecular formula is C15H18ClN5OS. The lowest BCUT2D eigenvalue weighted by atomic mass is 10.2. The molecule has 0 N–H and O–H groups in total. The molecule has 122 valence electrons. The number of aromatic nitrogens is 3. The summed E-state index contributed by atoms with van der Waals surface area (Å²) in [5, 5.41) is 3.27. The van der Waals surface area contributed by atoms with E-state index in [0.717, 1.165) is 18.2 Å². The van der Waals surface area contributed by atoms with Crippen LogP contribution in [0.25, 0.3) is 0 Å². The first-order chi connectivity index (χ1) is 11.1. The Morgan fingerprint density at radius 3 is 2.61 bits per heavy atom. The lowest BCUT2D eigenvalue weighted by molar-refractivity contribution is 0.0740. The van der Waals surface area contributed by atoms with Crippen LogP contribution in [0.1, 0.15) is 36.1 Å². The summed E-state index contributed by atoms with van der Waals surface area (Å²) >= 11 is 7.75. The van der Waals surface area contributed by atoms with Crippen LogP contribution in [0, 0.1) is 0 Å². The van der Waals surface area contributed by atoms with Gasteiger partial charge in [-0.15, -0.1) is 11.3 Å². The Bertz CT molecular complexity index is 683. The molecule has 0 unspecified atom stereocenters. The number of hydrogen-bond donors (Lipinski definition) is 0. The lowest BCUT2D eigenvalue weighted by Gasteiger charge is -2.34. The number of thiazole rings is 1. The molecule has 0 atom stereocenters. The van der Waals surface area contributed by atoms with Gasteiger partial charge in [0.05, 0.1) is 11.2 Å².